The minimum Gasteiger partial charge on any atom is -0.481 e. The summed E-state index contributed by atoms with van der Waals surface area (Å²) in [5.74, 6) is -1.69. The van der Waals surface area contributed by atoms with E-state index in [9.17, 15) is 14.4 Å². The molecular weight excluding hydrogens is 284 g/mol. The fourth-order valence-electron chi connectivity index (χ4n) is 1.27. The van der Waals surface area contributed by atoms with E-state index in [4.69, 9.17) is 19.3 Å². The first kappa shape index (κ1) is 19.3. The average molecular weight is 306 g/mol. The molecule has 0 aliphatic heterocycles. The maximum Gasteiger partial charge on any atom is 0.331 e. The standard InChI is InChI=1S/C13H22O8/c1-18-13(17)10-20-7-6-19-8-9-21-12(16)5-3-2-4-11(14)15/h2-10H2,1H3,(H,14,15). The first-order valence-corrected chi connectivity index (χ1v) is 6.66. The minimum absolute atomic E-state index is 0.0575. The summed E-state index contributed by atoms with van der Waals surface area (Å²) < 4.78 is 19.3. The van der Waals surface area contributed by atoms with Crippen molar-refractivity contribution in [2.75, 3.05) is 40.1 Å². The van der Waals surface area contributed by atoms with E-state index in [0.717, 1.165) is 0 Å². The van der Waals surface area contributed by atoms with Gasteiger partial charge in [-0.3, -0.25) is 9.59 Å². The monoisotopic (exact) mass is 306 g/mol. The Morgan fingerprint density at radius 2 is 1.48 bits per heavy atom. The Hall–Kier alpha value is -1.67. The van der Waals surface area contributed by atoms with Crippen LogP contribution < -0.4 is 0 Å². The van der Waals surface area contributed by atoms with Crippen LogP contribution in [0.15, 0.2) is 0 Å². The van der Waals surface area contributed by atoms with Crippen molar-refractivity contribution in [2.24, 2.45) is 0 Å². The molecule has 0 amide bonds. The third-order valence-corrected chi connectivity index (χ3v) is 2.33. The number of ether oxygens (including phenoxy) is 4. The summed E-state index contributed by atoms with van der Waals surface area (Å²) in [5, 5.41) is 8.42. The van der Waals surface area contributed by atoms with E-state index in [2.05, 4.69) is 4.74 Å². The highest BCUT2D eigenvalue weighted by atomic mass is 16.6. The van der Waals surface area contributed by atoms with E-state index in [1.807, 2.05) is 0 Å². The van der Waals surface area contributed by atoms with Crippen LogP contribution in [0.3, 0.4) is 0 Å². The van der Waals surface area contributed by atoms with E-state index in [1.165, 1.54) is 7.11 Å². The van der Waals surface area contributed by atoms with Crippen LogP contribution in [-0.2, 0) is 33.3 Å². The van der Waals surface area contributed by atoms with Crippen LogP contribution in [0.2, 0.25) is 0 Å². The maximum atomic E-state index is 11.2. The Morgan fingerprint density at radius 3 is 2.14 bits per heavy atom. The zero-order valence-electron chi connectivity index (χ0n) is 12.2. The van der Waals surface area contributed by atoms with E-state index < -0.39 is 11.9 Å². The van der Waals surface area contributed by atoms with Gasteiger partial charge in [0.2, 0.25) is 0 Å². The molecule has 0 spiro atoms. The molecule has 0 atom stereocenters. The Kier molecular flexibility index (Phi) is 12.3. The molecule has 0 unspecified atom stereocenters. The van der Waals surface area contributed by atoms with Crippen molar-refractivity contribution in [3.05, 3.63) is 0 Å². The predicted molar refractivity (Wildman–Crippen MR) is 70.7 cm³/mol. The zero-order chi connectivity index (χ0) is 15.9. The molecule has 1 N–H and O–H groups in total. The maximum absolute atomic E-state index is 11.2. The van der Waals surface area contributed by atoms with Crippen LogP contribution in [0.1, 0.15) is 25.7 Å². The molecule has 0 aliphatic carbocycles. The van der Waals surface area contributed by atoms with Crippen LogP contribution in [0.4, 0.5) is 0 Å². The Bertz CT molecular complexity index is 315. The second-order valence-corrected chi connectivity index (χ2v) is 4.06. The number of carboxylic acids is 1. The predicted octanol–water partition coefficient (Wildman–Crippen LogP) is 0.381. The van der Waals surface area contributed by atoms with Crippen molar-refractivity contribution < 1.29 is 38.4 Å². The molecule has 0 aromatic rings. The first-order valence-electron chi connectivity index (χ1n) is 6.66. The molecule has 0 bridgehead atoms. The van der Waals surface area contributed by atoms with Gasteiger partial charge in [0.15, 0.2) is 0 Å². The fourth-order valence-corrected chi connectivity index (χ4v) is 1.27. The smallest absolute Gasteiger partial charge is 0.331 e. The van der Waals surface area contributed by atoms with Gasteiger partial charge in [0.05, 0.1) is 26.9 Å². The molecule has 0 fully saturated rings. The van der Waals surface area contributed by atoms with Gasteiger partial charge in [0, 0.05) is 12.8 Å². The van der Waals surface area contributed by atoms with Gasteiger partial charge in [-0.2, -0.15) is 0 Å². The number of carbonyl (C=O) groups excluding carboxylic acids is 2. The number of methoxy groups -OCH3 is 1. The highest BCUT2D eigenvalue weighted by molar-refractivity contribution is 5.70. The van der Waals surface area contributed by atoms with Crippen molar-refractivity contribution in [2.45, 2.75) is 25.7 Å². The van der Waals surface area contributed by atoms with Gasteiger partial charge in [-0.15, -0.1) is 0 Å². The van der Waals surface area contributed by atoms with Gasteiger partial charge >= 0.3 is 17.9 Å². The number of carbonyl (C=O) groups is 3. The van der Waals surface area contributed by atoms with E-state index in [0.29, 0.717) is 12.8 Å². The molecule has 21 heavy (non-hydrogen) atoms. The number of hydrogen-bond donors (Lipinski definition) is 1. The van der Waals surface area contributed by atoms with Crippen molar-refractivity contribution in [1.82, 2.24) is 0 Å². The van der Waals surface area contributed by atoms with Gasteiger partial charge in [0.25, 0.3) is 0 Å². The molecule has 8 heteroatoms. The molecule has 0 rings (SSSR count). The molecule has 0 radical (unpaired) electrons. The van der Waals surface area contributed by atoms with Crippen molar-refractivity contribution in [3.63, 3.8) is 0 Å². The van der Waals surface area contributed by atoms with Gasteiger partial charge in [0.1, 0.15) is 13.2 Å². The van der Waals surface area contributed by atoms with E-state index in [1.54, 1.807) is 0 Å². The molecule has 8 nitrogen and oxygen atoms in total. The average Bonchev–Trinajstić information content (AvgIpc) is 2.45. The Morgan fingerprint density at radius 1 is 0.857 bits per heavy atom. The lowest BCUT2D eigenvalue weighted by atomic mass is 10.2. The summed E-state index contributed by atoms with van der Waals surface area (Å²) in [7, 11) is 1.28. The lowest BCUT2D eigenvalue weighted by Crippen LogP contribution is -2.15. The number of unbranched alkanes of at least 4 members (excludes halogenated alkanes) is 1. The molecule has 0 saturated carbocycles. The summed E-state index contributed by atoms with van der Waals surface area (Å²) in [4.78, 5) is 32.2. The van der Waals surface area contributed by atoms with Crippen molar-refractivity contribution in [1.29, 1.82) is 0 Å². The molecule has 0 aromatic heterocycles. The molecule has 0 aromatic carbocycles. The number of esters is 2. The second-order valence-electron chi connectivity index (χ2n) is 4.06. The first-order chi connectivity index (χ1) is 10.1. The molecule has 0 aliphatic rings. The van der Waals surface area contributed by atoms with Crippen LogP contribution in [0.5, 0.6) is 0 Å². The van der Waals surface area contributed by atoms with E-state index in [-0.39, 0.29) is 51.8 Å². The van der Waals surface area contributed by atoms with Gasteiger partial charge in [-0.05, 0) is 12.8 Å². The van der Waals surface area contributed by atoms with Crippen LogP contribution in [0, 0.1) is 0 Å². The number of rotatable bonds is 13. The summed E-state index contributed by atoms with van der Waals surface area (Å²) in [5.41, 5.74) is 0. The SMILES string of the molecule is COC(=O)COCCOCCOC(=O)CCCCC(=O)O. The van der Waals surface area contributed by atoms with Gasteiger partial charge < -0.3 is 24.1 Å². The number of carboxylic acid groups (broad SMARTS) is 1. The van der Waals surface area contributed by atoms with Crippen LogP contribution in [-0.4, -0.2) is 63.2 Å². The second kappa shape index (κ2) is 13.3. The highest BCUT2D eigenvalue weighted by Crippen LogP contribution is 2.01. The van der Waals surface area contributed by atoms with Crippen LogP contribution in [0.25, 0.3) is 0 Å². The Balaban J connectivity index is 3.25. The summed E-state index contributed by atoms with van der Waals surface area (Å²) in [6.45, 7) is 0.786. The topological polar surface area (TPSA) is 108 Å². The summed E-state index contributed by atoms with van der Waals surface area (Å²) in [6.07, 6.45) is 1.21. The largest absolute Gasteiger partial charge is 0.481 e. The lowest BCUT2D eigenvalue weighted by molar-refractivity contribution is -0.148. The van der Waals surface area contributed by atoms with Crippen molar-refractivity contribution >= 4 is 17.9 Å². The fraction of sp³-hybridized carbons (Fsp3) is 0.769. The normalized spacial score (nSPS) is 10.1. The minimum atomic E-state index is -0.869. The quantitative estimate of drug-likeness (QED) is 0.384. The number of hydrogen-bond acceptors (Lipinski definition) is 7. The number of aliphatic carboxylic acids is 1. The van der Waals surface area contributed by atoms with Crippen LogP contribution >= 0.6 is 0 Å². The van der Waals surface area contributed by atoms with Gasteiger partial charge in [-0.25, -0.2) is 4.79 Å². The molecule has 0 saturated heterocycles. The summed E-state index contributed by atoms with van der Waals surface area (Å²) in [6, 6.07) is 0. The van der Waals surface area contributed by atoms with Crippen molar-refractivity contribution in [3.8, 4) is 0 Å². The third kappa shape index (κ3) is 14.5. The highest BCUT2D eigenvalue weighted by Gasteiger charge is 2.04. The lowest BCUT2D eigenvalue weighted by Gasteiger charge is -2.06. The Labute approximate surface area is 123 Å². The molecular formula is C13H22O8. The molecule has 122 valence electrons. The summed E-state index contributed by atoms with van der Waals surface area (Å²) >= 11 is 0. The van der Waals surface area contributed by atoms with Gasteiger partial charge in [-0.1, -0.05) is 0 Å². The van der Waals surface area contributed by atoms with E-state index >= 15 is 0 Å². The molecule has 0 heterocycles. The third-order valence-electron chi connectivity index (χ3n) is 2.33. The zero-order valence-corrected chi connectivity index (χ0v) is 12.2.